The molecule has 4 rings (SSSR count). The fourth-order valence-electron chi connectivity index (χ4n) is 2.72. The highest BCUT2D eigenvalue weighted by atomic mass is 19.1. The van der Waals surface area contributed by atoms with Crippen molar-refractivity contribution in [3.63, 3.8) is 0 Å². The molecule has 0 spiro atoms. The lowest BCUT2D eigenvalue weighted by molar-refractivity contribution is 0.437. The molecule has 3 nitrogen and oxygen atoms in total. The van der Waals surface area contributed by atoms with E-state index < -0.39 is 11.6 Å². The van der Waals surface area contributed by atoms with Crippen LogP contribution in [0.4, 0.5) is 8.78 Å². The predicted octanol–water partition coefficient (Wildman–Crippen LogP) is 5.17. The Morgan fingerprint density at radius 3 is 2.69 bits per heavy atom. The number of aromatic nitrogens is 1. The number of allylic oxidation sites excluding steroid dienone is 1. The van der Waals surface area contributed by atoms with E-state index in [9.17, 15) is 8.78 Å². The van der Waals surface area contributed by atoms with E-state index in [1.54, 1.807) is 12.3 Å². The molecule has 0 atom stereocenters. The second-order valence-corrected chi connectivity index (χ2v) is 5.79. The van der Waals surface area contributed by atoms with Crippen LogP contribution in [-0.2, 0) is 6.54 Å². The standard InChI is InChI=1S/C21H14F2N2O/c22-15-5-9-21(19(23)11-15)26-17-7-4-14-13-25-20(18(14)12-17)8-6-16-3-1-2-10-24-16/h1-12H,13H2/b8-6+. The molecule has 2 aromatic carbocycles. The van der Waals surface area contributed by atoms with Gasteiger partial charge in [-0.3, -0.25) is 9.98 Å². The van der Waals surface area contributed by atoms with Crippen LogP contribution < -0.4 is 4.74 Å². The van der Waals surface area contributed by atoms with Gasteiger partial charge in [-0.15, -0.1) is 0 Å². The average molecular weight is 348 g/mol. The highest BCUT2D eigenvalue weighted by Gasteiger charge is 2.15. The lowest BCUT2D eigenvalue weighted by atomic mass is 10.0. The Hall–Kier alpha value is -3.34. The average Bonchev–Trinajstić information content (AvgIpc) is 3.05. The summed E-state index contributed by atoms with van der Waals surface area (Å²) in [6.45, 7) is 0.586. The lowest BCUT2D eigenvalue weighted by Gasteiger charge is -2.09. The number of halogens is 2. The van der Waals surface area contributed by atoms with Gasteiger partial charge in [0.1, 0.15) is 11.6 Å². The molecule has 0 bridgehead atoms. The molecule has 128 valence electrons. The van der Waals surface area contributed by atoms with Crippen molar-refractivity contribution in [2.75, 3.05) is 0 Å². The van der Waals surface area contributed by atoms with E-state index in [2.05, 4.69) is 9.98 Å². The van der Waals surface area contributed by atoms with Crippen molar-refractivity contribution in [3.8, 4) is 11.5 Å². The van der Waals surface area contributed by atoms with Crippen LogP contribution in [0.1, 0.15) is 16.8 Å². The molecular weight excluding hydrogens is 334 g/mol. The summed E-state index contributed by atoms with van der Waals surface area (Å²) in [6.07, 6.45) is 5.52. The van der Waals surface area contributed by atoms with Gasteiger partial charge in [0, 0.05) is 17.8 Å². The molecule has 1 aliphatic rings. The first kappa shape index (κ1) is 16.1. The molecule has 0 saturated carbocycles. The van der Waals surface area contributed by atoms with Gasteiger partial charge in [0.2, 0.25) is 0 Å². The molecular formula is C21H14F2N2O. The summed E-state index contributed by atoms with van der Waals surface area (Å²) in [4.78, 5) is 8.77. The second kappa shape index (κ2) is 6.88. The van der Waals surface area contributed by atoms with Crippen molar-refractivity contribution in [1.82, 2.24) is 4.98 Å². The molecule has 0 aliphatic carbocycles. The number of benzene rings is 2. The third-order valence-electron chi connectivity index (χ3n) is 4.00. The minimum absolute atomic E-state index is 0.0214. The summed E-state index contributed by atoms with van der Waals surface area (Å²) in [6, 6.07) is 14.4. The number of hydrogen-bond donors (Lipinski definition) is 0. The van der Waals surface area contributed by atoms with E-state index in [1.165, 1.54) is 6.07 Å². The van der Waals surface area contributed by atoms with E-state index >= 15 is 0 Å². The summed E-state index contributed by atoms with van der Waals surface area (Å²) < 4.78 is 32.4. The van der Waals surface area contributed by atoms with Gasteiger partial charge in [0.15, 0.2) is 11.6 Å². The highest BCUT2D eigenvalue weighted by molar-refractivity contribution is 6.13. The van der Waals surface area contributed by atoms with E-state index in [1.807, 2.05) is 42.5 Å². The van der Waals surface area contributed by atoms with Gasteiger partial charge in [-0.05, 0) is 54.1 Å². The van der Waals surface area contributed by atoms with Crippen LogP contribution in [-0.4, -0.2) is 10.7 Å². The number of pyridine rings is 1. The Labute approximate surface area is 149 Å². The third kappa shape index (κ3) is 3.37. The zero-order chi connectivity index (χ0) is 17.9. The molecule has 0 N–H and O–H groups in total. The minimum Gasteiger partial charge on any atom is -0.454 e. The zero-order valence-electron chi connectivity index (χ0n) is 13.7. The molecule has 5 heteroatoms. The molecule has 1 aromatic heterocycles. The van der Waals surface area contributed by atoms with Crippen LogP contribution in [0.5, 0.6) is 11.5 Å². The van der Waals surface area contributed by atoms with Crippen LogP contribution >= 0.6 is 0 Å². The van der Waals surface area contributed by atoms with E-state index in [-0.39, 0.29) is 5.75 Å². The largest absolute Gasteiger partial charge is 0.454 e. The summed E-state index contributed by atoms with van der Waals surface area (Å²) in [5, 5.41) is 0. The maximum Gasteiger partial charge on any atom is 0.168 e. The number of aliphatic imine (C=N–C) groups is 1. The predicted molar refractivity (Wildman–Crippen MR) is 96.4 cm³/mol. The minimum atomic E-state index is -0.741. The third-order valence-corrected chi connectivity index (χ3v) is 4.00. The molecule has 1 aliphatic heterocycles. The number of fused-ring (bicyclic) bond motifs is 1. The highest BCUT2D eigenvalue weighted by Crippen LogP contribution is 2.29. The van der Waals surface area contributed by atoms with Gasteiger partial charge >= 0.3 is 0 Å². The first-order valence-corrected chi connectivity index (χ1v) is 8.09. The van der Waals surface area contributed by atoms with Crippen molar-refractivity contribution >= 4 is 11.8 Å². The summed E-state index contributed by atoms with van der Waals surface area (Å²) in [5.41, 5.74) is 3.65. The Bertz CT molecular complexity index is 1010. The van der Waals surface area contributed by atoms with Crippen molar-refractivity contribution in [2.24, 2.45) is 4.99 Å². The topological polar surface area (TPSA) is 34.5 Å². The Morgan fingerprint density at radius 1 is 0.962 bits per heavy atom. The Kier molecular flexibility index (Phi) is 4.27. The molecule has 3 aromatic rings. The summed E-state index contributed by atoms with van der Waals surface area (Å²) in [5.74, 6) is -0.936. The zero-order valence-corrected chi connectivity index (χ0v) is 13.7. The van der Waals surface area contributed by atoms with E-state index in [0.717, 1.165) is 34.7 Å². The summed E-state index contributed by atoms with van der Waals surface area (Å²) >= 11 is 0. The summed E-state index contributed by atoms with van der Waals surface area (Å²) in [7, 11) is 0. The van der Waals surface area contributed by atoms with E-state index in [4.69, 9.17) is 4.74 Å². The smallest absolute Gasteiger partial charge is 0.168 e. The molecule has 0 saturated heterocycles. The van der Waals surface area contributed by atoms with Crippen LogP contribution in [0.2, 0.25) is 0 Å². The fraction of sp³-hybridized carbons (Fsp3) is 0.0476. The van der Waals surface area contributed by atoms with Crippen LogP contribution in [0.15, 0.2) is 71.9 Å². The van der Waals surface area contributed by atoms with Gasteiger partial charge in [-0.25, -0.2) is 8.78 Å². The van der Waals surface area contributed by atoms with Crippen molar-refractivity contribution in [2.45, 2.75) is 6.54 Å². The maximum atomic E-state index is 13.8. The fourth-order valence-corrected chi connectivity index (χ4v) is 2.72. The first-order chi connectivity index (χ1) is 12.7. The molecule has 26 heavy (non-hydrogen) atoms. The molecule has 0 fully saturated rings. The van der Waals surface area contributed by atoms with Gasteiger partial charge in [-0.2, -0.15) is 0 Å². The maximum absolute atomic E-state index is 13.8. The molecule has 0 radical (unpaired) electrons. The number of rotatable bonds is 4. The Morgan fingerprint density at radius 2 is 1.88 bits per heavy atom. The first-order valence-electron chi connectivity index (χ1n) is 8.09. The van der Waals surface area contributed by atoms with Crippen LogP contribution in [0.3, 0.4) is 0 Å². The van der Waals surface area contributed by atoms with Crippen molar-refractivity contribution in [3.05, 3.63) is 95.3 Å². The molecule has 2 heterocycles. The van der Waals surface area contributed by atoms with E-state index in [0.29, 0.717) is 12.3 Å². The number of hydrogen-bond acceptors (Lipinski definition) is 3. The molecule has 0 amide bonds. The second-order valence-electron chi connectivity index (χ2n) is 5.79. The van der Waals surface area contributed by atoms with Gasteiger partial charge in [0.25, 0.3) is 0 Å². The quantitative estimate of drug-likeness (QED) is 0.652. The van der Waals surface area contributed by atoms with Crippen LogP contribution in [0, 0.1) is 11.6 Å². The van der Waals surface area contributed by atoms with Gasteiger partial charge in [-0.1, -0.05) is 12.1 Å². The number of ether oxygens (including phenoxy) is 1. The lowest BCUT2D eigenvalue weighted by Crippen LogP contribution is -1.96. The van der Waals surface area contributed by atoms with Crippen molar-refractivity contribution < 1.29 is 13.5 Å². The van der Waals surface area contributed by atoms with Gasteiger partial charge in [0.05, 0.1) is 18.0 Å². The Balaban J connectivity index is 1.58. The number of nitrogens with zero attached hydrogens (tertiary/aromatic N) is 2. The van der Waals surface area contributed by atoms with Crippen molar-refractivity contribution in [1.29, 1.82) is 0 Å². The van der Waals surface area contributed by atoms with Gasteiger partial charge < -0.3 is 4.74 Å². The monoisotopic (exact) mass is 348 g/mol. The van der Waals surface area contributed by atoms with Crippen LogP contribution in [0.25, 0.3) is 6.08 Å². The SMILES string of the molecule is Fc1ccc(Oc2ccc3c(c2)C(/C=C/c2ccccn2)=NC3)c(F)c1. The molecule has 0 unspecified atom stereocenters. The normalized spacial score (nSPS) is 12.9.